The zero-order chi connectivity index (χ0) is 33.8. The number of anilines is 1. The fraction of sp³-hybridized carbons (Fsp3) is 0.571. The Labute approximate surface area is 275 Å². The van der Waals surface area contributed by atoms with E-state index in [0.717, 1.165) is 41.5 Å². The molecule has 3 aromatic rings. The Morgan fingerprint density at radius 3 is 2.35 bits per heavy atom. The number of amides is 1. The number of nitrogens with zero attached hydrogens (tertiary/aromatic N) is 4. The van der Waals surface area contributed by atoms with Crippen LogP contribution in [-0.2, 0) is 27.4 Å². The Bertz CT molecular complexity index is 1750. The van der Waals surface area contributed by atoms with Crippen molar-refractivity contribution in [2.45, 2.75) is 109 Å². The van der Waals surface area contributed by atoms with Crippen LogP contribution in [0.2, 0.25) is 18.1 Å². The van der Waals surface area contributed by atoms with Gasteiger partial charge in [0.25, 0.3) is 0 Å². The van der Waals surface area contributed by atoms with Gasteiger partial charge in [0.05, 0.1) is 5.69 Å². The third kappa shape index (κ3) is 7.20. The van der Waals surface area contributed by atoms with Crippen molar-refractivity contribution in [1.29, 1.82) is 0 Å². The minimum absolute atomic E-state index is 0.0630. The summed E-state index contributed by atoms with van der Waals surface area (Å²) in [6.45, 7) is 20.3. The predicted octanol–water partition coefficient (Wildman–Crippen LogP) is 7.14. The molecular formula is C35H50N4O5SSi. The van der Waals surface area contributed by atoms with Crippen LogP contribution in [0.5, 0.6) is 5.75 Å². The van der Waals surface area contributed by atoms with E-state index in [2.05, 4.69) is 85.1 Å². The minimum atomic E-state index is -3.67. The molecule has 2 atom stereocenters. The van der Waals surface area contributed by atoms with Crippen molar-refractivity contribution < 1.29 is 22.4 Å². The van der Waals surface area contributed by atoms with Crippen LogP contribution in [0.4, 0.5) is 10.6 Å². The van der Waals surface area contributed by atoms with Gasteiger partial charge in [-0.25, -0.2) is 23.2 Å². The van der Waals surface area contributed by atoms with E-state index in [1.807, 2.05) is 27.7 Å². The second kappa shape index (κ2) is 12.1. The lowest BCUT2D eigenvalue weighted by Gasteiger charge is -2.42. The number of ether oxygens (including phenoxy) is 1. The van der Waals surface area contributed by atoms with E-state index in [0.29, 0.717) is 31.9 Å². The number of aromatic nitrogens is 2. The van der Waals surface area contributed by atoms with Gasteiger partial charge in [-0.3, -0.25) is 0 Å². The van der Waals surface area contributed by atoms with E-state index >= 15 is 0 Å². The lowest BCUT2D eigenvalue weighted by Crippen LogP contribution is -2.55. The van der Waals surface area contributed by atoms with Crippen LogP contribution in [-0.4, -0.2) is 75.2 Å². The number of benzene rings is 2. The molecule has 46 heavy (non-hydrogen) atoms. The molecule has 1 aliphatic carbocycles. The number of piperazine rings is 1. The van der Waals surface area contributed by atoms with E-state index in [4.69, 9.17) is 9.16 Å². The summed E-state index contributed by atoms with van der Waals surface area (Å²) >= 11 is 0. The maximum atomic E-state index is 12.9. The molecule has 9 nitrogen and oxygen atoms in total. The van der Waals surface area contributed by atoms with Crippen molar-refractivity contribution >= 4 is 40.8 Å². The summed E-state index contributed by atoms with van der Waals surface area (Å²) < 4.78 is 38.1. The highest BCUT2D eigenvalue weighted by Gasteiger charge is 2.40. The summed E-state index contributed by atoms with van der Waals surface area (Å²) in [7, 11) is -5.74. The van der Waals surface area contributed by atoms with Gasteiger partial charge in [0.1, 0.15) is 17.2 Å². The molecule has 0 N–H and O–H groups in total. The highest BCUT2D eigenvalue weighted by atomic mass is 32.2. The van der Waals surface area contributed by atoms with E-state index in [1.54, 1.807) is 4.90 Å². The lowest BCUT2D eigenvalue weighted by molar-refractivity contribution is 0.0218. The molecule has 2 heterocycles. The van der Waals surface area contributed by atoms with Crippen LogP contribution in [0.1, 0.15) is 77.6 Å². The van der Waals surface area contributed by atoms with Crippen molar-refractivity contribution in [2.75, 3.05) is 30.8 Å². The second-order valence-electron chi connectivity index (χ2n) is 15.5. The van der Waals surface area contributed by atoms with E-state index in [9.17, 15) is 13.2 Å². The zero-order valence-electron chi connectivity index (χ0n) is 29.1. The molecule has 11 heteroatoms. The van der Waals surface area contributed by atoms with Crippen molar-refractivity contribution in [3.05, 3.63) is 53.2 Å². The second-order valence-corrected chi connectivity index (χ2v) is 22.2. The van der Waals surface area contributed by atoms with Gasteiger partial charge in [-0.05, 0) is 99.5 Å². The van der Waals surface area contributed by atoms with Gasteiger partial charge in [0.15, 0.2) is 0 Å². The van der Waals surface area contributed by atoms with Gasteiger partial charge in [-0.1, -0.05) is 45.0 Å². The third-order valence-electron chi connectivity index (χ3n) is 9.60. The number of carbonyl (C=O) groups is 1. The number of hydrogen-bond donors (Lipinski definition) is 0. The van der Waals surface area contributed by atoms with Crippen LogP contribution >= 0.6 is 0 Å². The Hall–Kier alpha value is -3.18. The van der Waals surface area contributed by atoms with Crippen LogP contribution < -0.4 is 9.33 Å². The lowest BCUT2D eigenvalue weighted by atomic mass is 9.80. The average Bonchev–Trinajstić information content (AvgIpc) is 2.93. The van der Waals surface area contributed by atoms with Gasteiger partial charge in [-0.15, -0.1) is 0 Å². The van der Waals surface area contributed by atoms with Crippen LogP contribution in [0, 0.1) is 0 Å². The Morgan fingerprint density at radius 1 is 1.02 bits per heavy atom. The molecule has 0 radical (unpaired) electrons. The van der Waals surface area contributed by atoms with Gasteiger partial charge in [0.2, 0.25) is 23.3 Å². The van der Waals surface area contributed by atoms with Crippen LogP contribution in [0.3, 0.4) is 0 Å². The number of fused-ring (bicyclic) bond motifs is 2. The first kappa shape index (κ1) is 34.2. The summed E-state index contributed by atoms with van der Waals surface area (Å²) in [6.07, 6.45) is 3.03. The van der Waals surface area contributed by atoms with Gasteiger partial charge < -0.3 is 19.0 Å². The minimum Gasteiger partial charge on any atom is -0.543 e. The first-order valence-corrected chi connectivity index (χ1v) is 21.1. The molecular weight excluding hydrogens is 617 g/mol. The number of rotatable bonds is 5. The molecule has 0 saturated carbocycles. The summed E-state index contributed by atoms with van der Waals surface area (Å²) in [6, 6.07) is 12.7. The molecule has 0 spiro atoms. The Kier molecular flexibility index (Phi) is 9.00. The molecule has 2 aromatic carbocycles. The quantitative estimate of drug-likeness (QED) is 0.209. The fourth-order valence-corrected chi connectivity index (χ4v) is 7.71. The van der Waals surface area contributed by atoms with Gasteiger partial charge >= 0.3 is 6.09 Å². The van der Waals surface area contributed by atoms with Crippen LogP contribution in [0.15, 0.2) is 41.6 Å². The summed E-state index contributed by atoms with van der Waals surface area (Å²) in [5.74, 6) is 1.69. The SMILES string of the molecule is C[C@H]1CN(C(=O)OC(C)(C)C)CCN1c1nc(S(C)(=O)=O)nc2c1CCC(c1cc(O[Si](C)(C)C(C)(C)C)cc3ccccc13)C2. The summed E-state index contributed by atoms with van der Waals surface area (Å²) in [5, 5.41) is 2.23. The monoisotopic (exact) mass is 666 g/mol. The Balaban J connectivity index is 1.50. The molecule has 1 fully saturated rings. The zero-order valence-corrected chi connectivity index (χ0v) is 30.9. The van der Waals surface area contributed by atoms with E-state index < -0.39 is 23.8 Å². The Morgan fingerprint density at radius 2 is 1.72 bits per heavy atom. The van der Waals surface area contributed by atoms with Crippen molar-refractivity contribution in [1.82, 2.24) is 14.9 Å². The average molecular weight is 667 g/mol. The molecule has 5 rings (SSSR count). The van der Waals surface area contributed by atoms with Crippen molar-refractivity contribution in [3.8, 4) is 5.75 Å². The van der Waals surface area contributed by atoms with E-state index in [-0.39, 0.29) is 28.2 Å². The first-order chi connectivity index (χ1) is 21.2. The topological polar surface area (TPSA) is 102 Å². The third-order valence-corrected chi connectivity index (χ3v) is 14.8. The molecule has 0 bridgehead atoms. The fourth-order valence-electron chi connectivity index (χ4n) is 6.16. The molecule has 250 valence electrons. The molecule has 1 saturated heterocycles. The number of hydrogen-bond acceptors (Lipinski definition) is 8. The number of carbonyl (C=O) groups excluding carboxylic acids is 1. The van der Waals surface area contributed by atoms with E-state index in [1.165, 1.54) is 10.9 Å². The number of sulfone groups is 1. The molecule has 1 amide bonds. The highest BCUT2D eigenvalue weighted by molar-refractivity contribution is 7.90. The van der Waals surface area contributed by atoms with Gasteiger partial charge in [-0.2, -0.15) is 0 Å². The first-order valence-electron chi connectivity index (χ1n) is 16.3. The highest BCUT2D eigenvalue weighted by Crippen LogP contribution is 2.43. The summed E-state index contributed by atoms with van der Waals surface area (Å²) in [4.78, 5) is 26.0. The maximum absolute atomic E-state index is 12.9. The molecule has 1 unspecified atom stereocenters. The van der Waals surface area contributed by atoms with Gasteiger partial charge in [0, 0.05) is 37.5 Å². The van der Waals surface area contributed by atoms with Crippen molar-refractivity contribution in [3.63, 3.8) is 0 Å². The maximum Gasteiger partial charge on any atom is 0.410 e. The predicted molar refractivity (Wildman–Crippen MR) is 186 cm³/mol. The normalized spacial score (nSPS) is 19.6. The summed E-state index contributed by atoms with van der Waals surface area (Å²) in [5.41, 5.74) is 2.41. The van der Waals surface area contributed by atoms with Crippen molar-refractivity contribution in [2.24, 2.45) is 0 Å². The van der Waals surface area contributed by atoms with Crippen LogP contribution in [0.25, 0.3) is 10.8 Å². The smallest absolute Gasteiger partial charge is 0.410 e. The molecule has 1 aromatic heterocycles. The molecule has 2 aliphatic rings. The largest absolute Gasteiger partial charge is 0.543 e. The standard InChI is InChI=1S/C35H50N4O5SSi/c1-23-22-38(33(40)43-34(2,3)4)17-18-39(23)31-28-16-15-25(20-30(28)36-32(37-31)45(8,41)42)29-21-26(44-46(9,10)35(5,6)7)19-24-13-11-12-14-27(24)29/h11-14,19,21,23,25H,15-18,20,22H2,1-10H3/t23-,25?/m0/s1. The molecule has 1 aliphatic heterocycles.